The molecule has 2 heterocycles. The molecule has 4 heteroatoms. The van der Waals surface area contributed by atoms with Crippen molar-refractivity contribution >= 4 is 0 Å². The molecule has 1 saturated heterocycles. The van der Waals surface area contributed by atoms with Crippen LogP contribution < -0.4 is 10.1 Å². The van der Waals surface area contributed by atoms with E-state index < -0.39 is 0 Å². The molecule has 19 heavy (non-hydrogen) atoms. The predicted molar refractivity (Wildman–Crippen MR) is 77.4 cm³/mol. The average molecular weight is 263 g/mol. The Morgan fingerprint density at radius 2 is 2.05 bits per heavy atom. The molecule has 1 fully saturated rings. The lowest BCUT2D eigenvalue weighted by atomic mass is 9.96. The Kier molecular flexibility index (Phi) is 5.16. The maximum atomic E-state index is 5.14. The topological polar surface area (TPSA) is 37.4 Å². The molecule has 1 aromatic rings. The highest BCUT2D eigenvalue weighted by atomic mass is 16.5. The molecule has 0 amide bonds. The number of hydrogen-bond donors (Lipinski definition) is 1. The lowest BCUT2D eigenvalue weighted by Crippen LogP contribution is -2.45. The second-order valence-corrected chi connectivity index (χ2v) is 5.57. The molecule has 2 rings (SSSR count). The van der Waals surface area contributed by atoms with Crippen LogP contribution in [0, 0.1) is 5.92 Å². The van der Waals surface area contributed by atoms with E-state index in [-0.39, 0.29) is 0 Å². The van der Waals surface area contributed by atoms with Crippen LogP contribution in [-0.4, -0.2) is 43.2 Å². The van der Waals surface area contributed by atoms with Crippen LogP contribution in [0.4, 0.5) is 0 Å². The Bertz CT molecular complexity index is 371. The SMILES string of the molecule is COc1ccc([C@@H](CC(C)C)N2CCNCC2)cn1. The third kappa shape index (κ3) is 3.91. The molecule has 0 spiro atoms. The first-order chi connectivity index (χ1) is 9.20. The molecule has 1 N–H and O–H groups in total. The van der Waals surface area contributed by atoms with Crippen LogP contribution >= 0.6 is 0 Å². The van der Waals surface area contributed by atoms with Gasteiger partial charge in [-0.05, 0) is 17.9 Å². The summed E-state index contributed by atoms with van der Waals surface area (Å²) in [6.07, 6.45) is 3.14. The minimum absolute atomic E-state index is 0.473. The van der Waals surface area contributed by atoms with E-state index in [2.05, 4.69) is 35.1 Å². The van der Waals surface area contributed by atoms with Gasteiger partial charge < -0.3 is 10.1 Å². The number of hydrogen-bond acceptors (Lipinski definition) is 4. The second kappa shape index (κ2) is 6.87. The van der Waals surface area contributed by atoms with Gasteiger partial charge in [0.2, 0.25) is 5.88 Å². The van der Waals surface area contributed by atoms with Gasteiger partial charge in [-0.15, -0.1) is 0 Å². The third-order valence-electron chi connectivity index (χ3n) is 3.64. The van der Waals surface area contributed by atoms with Crippen LogP contribution in [0.5, 0.6) is 5.88 Å². The molecule has 4 nitrogen and oxygen atoms in total. The smallest absolute Gasteiger partial charge is 0.212 e. The maximum absolute atomic E-state index is 5.14. The van der Waals surface area contributed by atoms with E-state index in [0.29, 0.717) is 17.8 Å². The fraction of sp³-hybridized carbons (Fsp3) is 0.667. The van der Waals surface area contributed by atoms with Crippen LogP contribution in [-0.2, 0) is 0 Å². The lowest BCUT2D eigenvalue weighted by molar-refractivity contribution is 0.153. The molecule has 1 aromatic heterocycles. The first-order valence-electron chi connectivity index (χ1n) is 7.15. The molecule has 0 aliphatic carbocycles. The van der Waals surface area contributed by atoms with Gasteiger partial charge >= 0.3 is 0 Å². The molecular formula is C15H25N3O. The largest absolute Gasteiger partial charge is 0.481 e. The molecular weight excluding hydrogens is 238 g/mol. The van der Waals surface area contributed by atoms with Gasteiger partial charge in [0.1, 0.15) is 0 Å². The van der Waals surface area contributed by atoms with Crippen molar-refractivity contribution < 1.29 is 4.74 Å². The van der Waals surface area contributed by atoms with Crippen molar-refractivity contribution in [2.75, 3.05) is 33.3 Å². The summed E-state index contributed by atoms with van der Waals surface area (Å²) in [5, 5.41) is 3.42. The van der Waals surface area contributed by atoms with Gasteiger partial charge in [-0.2, -0.15) is 0 Å². The van der Waals surface area contributed by atoms with Crippen LogP contribution in [0.3, 0.4) is 0 Å². The Labute approximate surface area is 116 Å². The third-order valence-corrected chi connectivity index (χ3v) is 3.64. The number of pyridine rings is 1. The number of ether oxygens (including phenoxy) is 1. The summed E-state index contributed by atoms with van der Waals surface area (Å²) < 4.78 is 5.14. The summed E-state index contributed by atoms with van der Waals surface area (Å²) in [7, 11) is 1.66. The minimum atomic E-state index is 0.473. The summed E-state index contributed by atoms with van der Waals surface area (Å²) in [5.74, 6) is 1.37. The van der Waals surface area contributed by atoms with Crippen molar-refractivity contribution in [3.63, 3.8) is 0 Å². The van der Waals surface area contributed by atoms with E-state index >= 15 is 0 Å². The monoisotopic (exact) mass is 263 g/mol. The second-order valence-electron chi connectivity index (χ2n) is 5.57. The first-order valence-corrected chi connectivity index (χ1v) is 7.15. The van der Waals surface area contributed by atoms with Crippen molar-refractivity contribution in [1.29, 1.82) is 0 Å². The molecule has 0 bridgehead atoms. The summed E-state index contributed by atoms with van der Waals surface area (Å²) in [6, 6.07) is 4.59. The first kappa shape index (κ1) is 14.3. The van der Waals surface area contributed by atoms with E-state index in [1.54, 1.807) is 7.11 Å². The Morgan fingerprint density at radius 3 is 2.58 bits per heavy atom. The van der Waals surface area contributed by atoms with Crippen molar-refractivity contribution in [2.45, 2.75) is 26.3 Å². The molecule has 1 atom stereocenters. The zero-order chi connectivity index (χ0) is 13.7. The number of methoxy groups -OCH3 is 1. The van der Waals surface area contributed by atoms with E-state index in [1.807, 2.05) is 12.3 Å². The minimum Gasteiger partial charge on any atom is -0.481 e. The molecule has 106 valence electrons. The lowest BCUT2D eigenvalue weighted by Gasteiger charge is -2.36. The van der Waals surface area contributed by atoms with Crippen LogP contribution in [0.15, 0.2) is 18.3 Å². The number of rotatable bonds is 5. The zero-order valence-electron chi connectivity index (χ0n) is 12.2. The summed E-state index contributed by atoms with van der Waals surface area (Å²) in [6.45, 7) is 8.96. The highest BCUT2D eigenvalue weighted by Gasteiger charge is 2.23. The Morgan fingerprint density at radius 1 is 1.32 bits per heavy atom. The van der Waals surface area contributed by atoms with Crippen molar-refractivity contribution in [1.82, 2.24) is 15.2 Å². The Hall–Kier alpha value is -1.13. The van der Waals surface area contributed by atoms with Gasteiger partial charge in [0, 0.05) is 44.5 Å². The fourth-order valence-corrected chi connectivity index (χ4v) is 2.65. The van der Waals surface area contributed by atoms with E-state index in [9.17, 15) is 0 Å². The van der Waals surface area contributed by atoms with Crippen molar-refractivity contribution in [3.05, 3.63) is 23.9 Å². The number of aromatic nitrogens is 1. The van der Waals surface area contributed by atoms with E-state index in [0.717, 1.165) is 26.2 Å². The van der Waals surface area contributed by atoms with Crippen molar-refractivity contribution in [3.8, 4) is 5.88 Å². The molecule has 0 aromatic carbocycles. The van der Waals surface area contributed by atoms with Crippen LogP contribution in [0.1, 0.15) is 31.9 Å². The summed E-state index contributed by atoms with van der Waals surface area (Å²) in [4.78, 5) is 6.93. The number of nitrogens with one attached hydrogen (secondary N) is 1. The number of piperazine rings is 1. The standard InChI is InChI=1S/C15H25N3O/c1-12(2)10-14(18-8-6-16-7-9-18)13-4-5-15(19-3)17-11-13/h4-5,11-12,14,16H,6-10H2,1-3H3/t14-/m1/s1. The highest BCUT2D eigenvalue weighted by Crippen LogP contribution is 2.28. The Balaban J connectivity index is 2.14. The quantitative estimate of drug-likeness (QED) is 0.882. The van der Waals surface area contributed by atoms with E-state index in [4.69, 9.17) is 4.74 Å². The fourth-order valence-electron chi connectivity index (χ4n) is 2.65. The van der Waals surface area contributed by atoms with Gasteiger partial charge in [0.25, 0.3) is 0 Å². The number of nitrogens with zero attached hydrogens (tertiary/aromatic N) is 2. The van der Waals surface area contributed by atoms with Gasteiger partial charge in [-0.3, -0.25) is 4.90 Å². The van der Waals surface area contributed by atoms with Gasteiger partial charge in [-0.1, -0.05) is 19.9 Å². The molecule has 0 radical (unpaired) electrons. The normalized spacial score (nSPS) is 18.5. The van der Waals surface area contributed by atoms with Gasteiger partial charge in [0.15, 0.2) is 0 Å². The van der Waals surface area contributed by atoms with Gasteiger partial charge in [0.05, 0.1) is 7.11 Å². The van der Waals surface area contributed by atoms with Crippen molar-refractivity contribution in [2.24, 2.45) is 5.92 Å². The van der Waals surface area contributed by atoms with Crippen LogP contribution in [0.2, 0.25) is 0 Å². The maximum Gasteiger partial charge on any atom is 0.212 e. The van der Waals surface area contributed by atoms with E-state index in [1.165, 1.54) is 12.0 Å². The summed E-state index contributed by atoms with van der Waals surface area (Å²) >= 11 is 0. The zero-order valence-corrected chi connectivity index (χ0v) is 12.2. The predicted octanol–water partition coefficient (Wildman–Crippen LogP) is 2.08. The highest BCUT2D eigenvalue weighted by molar-refractivity contribution is 5.21. The molecule has 0 unspecified atom stereocenters. The molecule has 0 saturated carbocycles. The molecule has 1 aliphatic heterocycles. The average Bonchev–Trinajstić information content (AvgIpc) is 2.46. The molecule has 1 aliphatic rings. The van der Waals surface area contributed by atoms with Crippen LogP contribution in [0.25, 0.3) is 0 Å². The summed E-state index contributed by atoms with van der Waals surface area (Å²) in [5.41, 5.74) is 1.30. The van der Waals surface area contributed by atoms with Gasteiger partial charge in [-0.25, -0.2) is 4.98 Å².